The van der Waals surface area contributed by atoms with Crippen molar-refractivity contribution in [3.8, 4) is 0 Å². The number of benzene rings is 1. The second-order valence-corrected chi connectivity index (χ2v) is 6.08. The fourth-order valence-electron chi connectivity index (χ4n) is 2.89. The molecule has 0 aliphatic heterocycles. The highest BCUT2D eigenvalue weighted by molar-refractivity contribution is 5.79. The van der Waals surface area contributed by atoms with Crippen molar-refractivity contribution in [1.29, 1.82) is 0 Å². The maximum Gasteiger partial charge on any atom is 0.191 e. The van der Waals surface area contributed by atoms with Crippen LogP contribution < -0.4 is 10.6 Å². The highest BCUT2D eigenvalue weighted by Crippen LogP contribution is 2.11. The van der Waals surface area contributed by atoms with Crippen molar-refractivity contribution in [3.63, 3.8) is 0 Å². The Morgan fingerprint density at radius 3 is 2.72 bits per heavy atom. The van der Waals surface area contributed by atoms with Gasteiger partial charge in [0, 0.05) is 44.9 Å². The summed E-state index contributed by atoms with van der Waals surface area (Å²) >= 11 is 0. The molecule has 0 amide bonds. The molecular weight excluding hydrogens is 314 g/mol. The van der Waals surface area contributed by atoms with Crippen molar-refractivity contribution in [1.82, 2.24) is 30.4 Å². The molecule has 0 aliphatic carbocycles. The Bertz CT molecular complexity index is 855. The van der Waals surface area contributed by atoms with Crippen molar-refractivity contribution in [2.24, 2.45) is 12.0 Å². The first kappa shape index (κ1) is 17.0. The van der Waals surface area contributed by atoms with Gasteiger partial charge >= 0.3 is 0 Å². The number of aliphatic imine (C=N–C) groups is 1. The average molecular weight is 339 g/mol. The second-order valence-electron chi connectivity index (χ2n) is 6.08. The molecule has 0 atom stereocenters. The maximum atomic E-state index is 4.59. The van der Waals surface area contributed by atoms with Crippen LogP contribution in [0.15, 0.2) is 29.3 Å². The third-order valence-corrected chi connectivity index (χ3v) is 4.41. The molecule has 132 valence electrons. The minimum atomic E-state index is 0.704. The van der Waals surface area contributed by atoms with E-state index < -0.39 is 0 Å². The Hall–Kier alpha value is -2.83. The lowest BCUT2D eigenvalue weighted by Gasteiger charge is -2.11. The average Bonchev–Trinajstić information content (AvgIpc) is 3.12. The number of aromatic nitrogens is 4. The number of imidazole rings is 1. The fraction of sp³-hybridized carbons (Fsp3) is 0.389. The van der Waals surface area contributed by atoms with Crippen LogP contribution in [0.25, 0.3) is 11.0 Å². The summed E-state index contributed by atoms with van der Waals surface area (Å²) in [4.78, 5) is 12.2. The Morgan fingerprint density at radius 1 is 1.24 bits per heavy atom. The number of aryl methyl sites for hydroxylation is 2. The van der Waals surface area contributed by atoms with Crippen molar-refractivity contribution in [2.75, 3.05) is 13.6 Å². The molecule has 0 bridgehead atoms. The van der Waals surface area contributed by atoms with Gasteiger partial charge in [0.05, 0.1) is 16.7 Å². The van der Waals surface area contributed by atoms with Crippen molar-refractivity contribution >= 4 is 17.0 Å². The van der Waals surface area contributed by atoms with Gasteiger partial charge in [-0.15, -0.1) is 0 Å². The van der Waals surface area contributed by atoms with Gasteiger partial charge < -0.3 is 15.6 Å². The molecular formula is C18H25N7. The van der Waals surface area contributed by atoms with Crippen molar-refractivity contribution < 1.29 is 0 Å². The van der Waals surface area contributed by atoms with Crippen LogP contribution in [0.4, 0.5) is 0 Å². The van der Waals surface area contributed by atoms with E-state index >= 15 is 0 Å². The molecule has 25 heavy (non-hydrogen) atoms. The lowest BCUT2D eigenvalue weighted by atomic mass is 10.2. The number of hydrogen-bond donors (Lipinski definition) is 3. The second kappa shape index (κ2) is 7.38. The zero-order valence-corrected chi connectivity index (χ0v) is 15.2. The highest BCUT2D eigenvalue weighted by atomic mass is 15.3. The third kappa shape index (κ3) is 3.81. The molecule has 7 nitrogen and oxygen atoms in total. The van der Waals surface area contributed by atoms with Gasteiger partial charge in [-0.1, -0.05) is 12.1 Å². The molecule has 3 rings (SSSR count). The summed E-state index contributed by atoms with van der Waals surface area (Å²) in [7, 11) is 3.74. The number of rotatable bonds is 5. The standard InChI is InChI=1S/C18H25N7/c1-12-14(13(2)25(4)24-12)11-21-18(19-3)20-10-9-17-22-15-7-5-6-8-16(15)23-17/h5-8H,9-11H2,1-4H3,(H,22,23)(H2,19,20,21). The van der Waals surface area contributed by atoms with E-state index in [1.807, 2.05) is 42.9 Å². The van der Waals surface area contributed by atoms with Crippen LogP contribution in [0.5, 0.6) is 0 Å². The molecule has 0 saturated carbocycles. The Morgan fingerprint density at radius 2 is 2.04 bits per heavy atom. The van der Waals surface area contributed by atoms with Gasteiger partial charge in [0.15, 0.2) is 5.96 Å². The monoisotopic (exact) mass is 339 g/mol. The predicted molar refractivity (Wildman–Crippen MR) is 101 cm³/mol. The Kier molecular flexibility index (Phi) is 5.02. The Labute approximate surface area is 147 Å². The number of fused-ring (bicyclic) bond motifs is 1. The molecule has 3 aromatic rings. The number of guanidine groups is 1. The summed E-state index contributed by atoms with van der Waals surface area (Å²) in [5, 5.41) is 11.1. The van der Waals surface area contributed by atoms with E-state index in [0.29, 0.717) is 6.54 Å². The van der Waals surface area contributed by atoms with E-state index in [1.165, 1.54) is 11.3 Å². The number of H-pyrrole nitrogens is 1. The van der Waals surface area contributed by atoms with Crippen LogP contribution in [-0.4, -0.2) is 39.3 Å². The molecule has 2 heterocycles. The van der Waals surface area contributed by atoms with Gasteiger partial charge in [-0.2, -0.15) is 5.10 Å². The van der Waals surface area contributed by atoms with Crippen LogP contribution >= 0.6 is 0 Å². The molecule has 0 fully saturated rings. The molecule has 0 unspecified atom stereocenters. The van der Waals surface area contributed by atoms with Gasteiger partial charge in [0.2, 0.25) is 0 Å². The summed E-state index contributed by atoms with van der Waals surface area (Å²) in [6, 6.07) is 8.07. The van der Waals surface area contributed by atoms with Crippen LogP contribution in [-0.2, 0) is 20.0 Å². The molecule has 0 spiro atoms. The number of para-hydroxylation sites is 2. The number of aromatic amines is 1. The van der Waals surface area contributed by atoms with E-state index in [0.717, 1.165) is 41.5 Å². The summed E-state index contributed by atoms with van der Waals surface area (Å²) in [5.41, 5.74) is 5.50. The summed E-state index contributed by atoms with van der Waals surface area (Å²) in [6.45, 7) is 5.57. The number of hydrogen-bond acceptors (Lipinski definition) is 3. The van der Waals surface area contributed by atoms with Gasteiger partial charge in [0.25, 0.3) is 0 Å². The smallest absolute Gasteiger partial charge is 0.191 e. The summed E-state index contributed by atoms with van der Waals surface area (Å²) < 4.78 is 1.91. The zero-order valence-electron chi connectivity index (χ0n) is 15.2. The first-order valence-corrected chi connectivity index (χ1v) is 8.45. The molecule has 0 saturated heterocycles. The van der Waals surface area contributed by atoms with E-state index in [1.54, 1.807) is 7.05 Å². The van der Waals surface area contributed by atoms with E-state index in [4.69, 9.17) is 0 Å². The van der Waals surface area contributed by atoms with E-state index in [2.05, 4.69) is 37.6 Å². The number of nitrogens with one attached hydrogen (secondary N) is 3. The molecule has 0 radical (unpaired) electrons. The van der Waals surface area contributed by atoms with Crippen LogP contribution in [0, 0.1) is 13.8 Å². The van der Waals surface area contributed by atoms with Gasteiger partial charge in [-0.05, 0) is 26.0 Å². The van der Waals surface area contributed by atoms with Gasteiger partial charge in [-0.3, -0.25) is 9.67 Å². The van der Waals surface area contributed by atoms with Crippen LogP contribution in [0.3, 0.4) is 0 Å². The van der Waals surface area contributed by atoms with E-state index in [9.17, 15) is 0 Å². The van der Waals surface area contributed by atoms with Crippen LogP contribution in [0.2, 0.25) is 0 Å². The van der Waals surface area contributed by atoms with Gasteiger partial charge in [-0.25, -0.2) is 4.98 Å². The lowest BCUT2D eigenvalue weighted by Crippen LogP contribution is -2.38. The normalized spacial score (nSPS) is 11.9. The third-order valence-electron chi connectivity index (χ3n) is 4.41. The molecule has 7 heteroatoms. The molecule has 0 aliphatic rings. The van der Waals surface area contributed by atoms with Gasteiger partial charge in [0.1, 0.15) is 5.82 Å². The van der Waals surface area contributed by atoms with Crippen molar-refractivity contribution in [3.05, 3.63) is 47.0 Å². The minimum absolute atomic E-state index is 0.704. The molecule has 3 N–H and O–H groups in total. The first-order valence-electron chi connectivity index (χ1n) is 8.45. The quantitative estimate of drug-likeness (QED) is 0.489. The summed E-state index contributed by atoms with van der Waals surface area (Å²) in [6.07, 6.45) is 0.806. The zero-order chi connectivity index (χ0) is 17.8. The SMILES string of the molecule is CN=C(NCCc1nc2ccccc2[nH]1)NCc1c(C)nn(C)c1C. The first-order chi connectivity index (χ1) is 12.1. The molecule has 2 aromatic heterocycles. The summed E-state index contributed by atoms with van der Waals surface area (Å²) in [5.74, 6) is 1.75. The lowest BCUT2D eigenvalue weighted by molar-refractivity contribution is 0.728. The topological polar surface area (TPSA) is 82.9 Å². The fourth-order valence-corrected chi connectivity index (χ4v) is 2.89. The van der Waals surface area contributed by atoms with E-state index in [-0.39, 0.29) is 0 Å². The minimum Gasteiger partial charge on any atom is -0.356 e. The predicted octanol–water partition coefficient (Wildman–Crippen LogP) is 1.82. The van der Waals surface area contributed by atoms with Crippen LogP contribution in [0.1, 0.15) is 22.8 Å². The van der Waals surface area contributed by atoms with Crippen molar-refractivity contribution in [2.45, 2.75) is 26.8 Å². The Balaban J connectivity index is 1.52. The maximum absolute atomic E-state index is 4.59. The largest absolute Gasteiger partial charge is 0.356 e. The molecule has 1 aromatic carbocycles. The highest BCUT2D eigenvalue weighted by Gasteiger charge is 2.09. The number of nitrogens with zero attached hydrogens (tertiary/aromatic N) is 4.